The lowest BCUT2D eigenvalue weighted by molar-refractivity contribution is -0.146. The standard InChI is InChI=1S/C17H27NO2S/c1-10-11(2)21-15(18-10)9-12-8-13(17(3,4)5)6-7-14(12)16(19)20/h12-14H,6-9H2,1-5H3,(H,19,20). The van der Waals surface area contributed by atoms with E-state index in [0.29, 0.717) is 5.92 Å². The Kier molecular flexibility index (Phi) is 4.76. The minimum absolute atomic E-state index is 0.201. The molecule has 0 amide bonds. The zero-order valence-corrected chi connectivity index (χ0v) is 14.6. The first-order chi connectivity index (χ1) is 9.68. The van der Waals surface area contributed by atoms with Crippen LogP contribution in [-0.2, 0) is 11.2 Å². The number of hydrogen-bond donors (Lipinski definition) is 1. The van der Waals surface area contributed by atoms with Crippen LogP contribution < -0.4 is 0 Å². The molecule has 3 atom stereocenters. The third-order valence-corrected chi connectivity index (χ3v) is 6.13. The number of hydrogen-bond acceptors (Lipinski definition) is 3. The highest BCUT2D eigenvalue weighted by Crippen LogP contribution is 2.44. The Labute approximate surface area is 131 Å². The topological polar surface area (TPSA) is 50.2 Å². The Morgan fingerprint density at radius 2 is 2.00 bits per heavy atom. The van der Waals surface area contributed by atoms with Gasteiger partial charge in [0, 0.05) is 11.3 Å². The summed E-state index contributed by atoms with van der Waals surface area (Å²) < 4.78 is 0. The van der Waals surface area contributed by atoms with E-state index >= 15 is 0 Å². The van der Waals surface area contributed by atoms with E-state index in [4.69, 9.17) is 0 Å². The van der Waals surface area contributed by atoms with Gasteiger partial charge >= 0.3 is 5.97 Å². The van der Waals surface area contributed by atoms with E-state index in [-0.39, 0.29) is 17.3 Å². The van der Waals surface area contributed by atoms with E-state index in [0.717, 1.165) is 36.4 Å². The Morgan fingerprint density at radius 3 is 2.48 bits per heavy atom. The number of rotatable bonds is 3. The Hall–Kier alpha value is -0.900. The van der Waals surface area contributed by atoms with Gasteiger partial charge in [0.25, 0.3) is 0 Å². The van der Waals surface area contributed by atoms with E-state index in [1.54, 1.807) is 11.3 Å². The molecule has 1 saturated carbocycles. The second kappa shape index (κ2) is 6.07. The number of aliphatic carboxylic acids is 1. The zero-order chi connectivity index (χ0) is 15.8. The van der Waals surface area contributed by atoms with Crippen LogP contribution in [0.1, 0.15) is 55.6 Å². The number of nitrogens with zero attached hydrogens (tertiary/aromatic N) is 1. The van der Waals surface area contributed by atoms with Crippen molar-refractivity contribution >= 4 is 17.3 Å². The maximum Gasteiger partial charge on any atom is 0.306 e. The van der Waals surface area contributed by atoms with Crippen LogP contribution in [0.15, 0.2) is 0 Å². The van der Waals surface area contributed by atoms with Crippen molar-refractivity contribution in [3.8, 4) is 0 Å². The molecule has 0 spiro atoms. The Bertz CT molecular complexity index is 496. The first-order valence-electron chi connectivity index (χ1n) is 7.84. The van der Waals surface area contributed by atoms with Crippen LogP contribution in [0.5, 0.6) is 0 Å². The van der Waals surface area contributed by atoms with Crippen LogP contribution in [0.4, 0.5) is 0 Å². The van der Waals surface area contributed by atoms with E-state index < -0.39 is 5.97 Å². The summed E-state index contributed by atoms with van der Waals surface area (Å²) in [6, 6.07) is 0. The van der Waals surface area contributed by atoms with Gasteiger partial charge in [-0.05, 0) is 50.4 Å². The zero-order valence-electron chi connectivity index (χ0n) is 13.8. The summed E-state index contributed by atoms with van der Waals surface area (Å²) in [7, 11) is 0. The SMILES string of the molecule is Cc1nc(CC2CC(C(C)(C)C)CCC2C(=O)O)sc1C. The number of aromatic nitrogens is 1. The van der Waals surface area contributed by atoms with Gasteiger partial charge in [0.2, 0.25) is 0 Å². The van der Waals surface area contributed by atoms with Crippen LogP contribution >= 0.6 is 11.3 Å². The average Bonchev–Trinajstić information content (AvgIpc) is 2.66. The second-order valence-corrected chi connectivity index (χ2v) is 8.82. The summed E-state index contributed by atoms with van der Waals surface area (Å²) in [5.74, 6) is 0.0103. The summed E-state index contributed by atoms with van der Waals surface area (Å²) in [6.45, 7) is 10.9. The highest BCUT2D eigenvalue weighted by molar-refractivity contribution is 7.11. The minimum Gasteiger partial charge on any atom is -0.481 e. The third kappa shape index (κ3) is 3.85. The van der Waals surface area contributed by atoms with Gasteiger partial charge in [-0.1, -0.05) is 20.8 Å². The normalized spacial score (nSPS) is 26.8. The van der Waals surface area contributed by atoms with Gasteiger partial charge in [-0.25, -0.2) is 4.98 Å². The lowest BCUT2D eigenvalue weighted by Crippen LogP contribution is -2.36. The van der Waals surface area contributed by atoms with Crippen LogP contribution in [0.3, 0.4) is 0 Å². The molecule has 0 aromatic carbocycles. The molecule has 3 nitrogen and oxygen atoms in total. The van der Waals surface area contributed by atoms with Gasteiger partial charge in [0.1, 0.15) is 0 Å². The van der Waals surface area contributed by atoms with Gasteiger partial charge in [-0.2, -0.15) is 0 Å². The Morgan fingerprint density at radius 1 is 1.33 bits per heavy atom. The van der Waals surface area contributed by atoms with Gasteiger partial charge in [0.15, 0.2) is 0 Å². The molecule has 4 heteroatoms. The van der Waals surface area contributed by atoms with Crippen molar-refractivity contribution in [2.45, 2.75) is 60.3 Å². The molecular formula is C17H27NO2S. The molecule has 1 aromatic rings. The summed E-state index contributed by atoms with van der Waals surface area (Å²) in [5, 5.41) is 10.6. The van der Waals surface area contributed by atoms with E-state index in [1.807, 2.05) is 6.92 Å². The maximum atomic E-state index is 11.6. The first kappa shape index (κ1) is 16.5. The molecule has 1 N–H and O–H groups in total. The van der Waals surface area contributed by atoms with Crippen molar-refractivity contribution in [3.63, 3.8) is 0 Å². The van der Waals surface area contributed by atoms with Crippen molar-refractivity contribution in [2.75, 3.05) is 0 Å². The van der Waals surface area contributed by atoms with E-state index in [1.165, 1.54) is 4.88 Å². The van der Waals surface area contributed by atoms with E-state index in [9.17, 15) is 9.90 Å². The fourth-order valence-corrected chi connectivity index (χ4v) is 4.48. The molecule has 1 aromatic heterocycles. The van der Waals surface area contributed by atoms with Crippen molar-refractivity contribution in [1.82, 2.24) is 4.98 Å². The first-order valence-corrected chi connectivity index (χ1v) is 8.66. The predicted octanol–water partition coefficient (Wildman–Crippen LogP) is 4.47. The van der Waals surface area contributed by atoms with Crippen LogP contribution in [0, 0.1) is 37.0 Å². The van der Waals surface area contributed by atoms with Crippen LogP contribution in [0.25, 0.3) is 0 Å². The monoisotopic (exact) mass is 309 g/mol. The average molecular weight is 309 g/mol. The quantitative estimate of drug-likeness (QED) is 0.896. The van der Waals surface area contributed by atoms with Gasteiger partial charge in [-0.15, -0.1) is 11.3 Å². The van der Waals surface area contributed by atoms with Gasteiger partial charge in [0.05, 0.1) is 16.6 Å². The number of aryl methyl sites for hydroxylation is 2. The Balaban J connectivity index is 2.16. The van der Waals surface area contributed by atoms with Crippen LogP contribution in [-0.4, -0.2) is 16.1 Å². The summed E-state index contributed by atoms with van der Waals surface area (Å²) in [4.78, 5) is 17.4. The summed E-state index contributed by atoms with van der Waals surface area (Å²) >= 11 is 1.73. The molecule has 0 saturated heterocycles. The van der Waals surface area contributed by atoms with Crippen molar-refractivity contribution in [3.05, 3.63) is 15.6 Å². The number of carboxylic acid groups (broad SMARTS) is 1. The fourth-order valence-electron chi connectivity index (χ4n) is 3.45. The molecule has 1 heterocycles. The molecule has 0 aliphatic heterocycles. The summed E-state index contributed by atoms with van der Waals surface area (Å²) in [6.07, 6.45) is 3.68. The van der Waals surface area contributed by atoms with Crippen molar-refractivity contribution in [2.24, 2.45) is 23.2 Å². The molecule has 0 radical (unpaired) electrons. The number of carboxylic acids is 1. The third-order valence-electron chi connectivity index (χ3n) is 5.03. The maximum absolute atomic E-state index is 11.6. The highest BCUT2D eigenvalue weighted by atomic mass is 32.1. The van der Waals surface area contributed by atoms with Gasteiger partial charge in [-0.3, -0.25) is 4.79 Å². The molecule has 0 bridgehead atoms. The summed E-state index contributed by atoms with van der Waals surface area (Å²) in [5.41, 5.74) is 1.35. The van der Waals surface area contributed by atoms with Gasteiger partial charge < -0.3 is 5.11 Å². The minimum atomic E-state index is -0.627. The molecule has 1 aliphatic carbocycles. The number of thiazole rings is 1. The van der Waals surface area contributed by atoms with E-state index in [2.05, 4.69) is 32.7 Å². The molecule has 2 rings (SSSR count). The molecule has 3 unspecified atom stereocenters. The molecular weight excluding hydrogens is 282 g/mol. The fraction of sp³-hybridized carbons (Fsp3) is 0.765. The molecule has 21 heavy (non-hydrogen) atoms. The smallest absolute Gasteiger partial charge is 0.306 e. The molecule has 118 valence electrons. The lowest BCUT2D eigenvalue weighted by atomic mass is 9.65. The number of carbonyl (C=O) groups is 1. The van der Waals surface area contributed by atoms with Crippen LogP contribution in [0.2, 0.25) is 0 Å². The van der Waals surface area contributed by atoms with Crippen molar-refractivity contribution in [1.29, 1.82) is 0 Å². The second-order valence-electron chi connectivity index (χ2n) is 7.53. The molecule has 1 aliphatic rings. The molecule has 1 fully saturated rings. The lowest BCUT2D eigenvalue weighted by Gasteiger charge is -2.40. The van der Waals surface area contributed by atoms with Crippen molar-refractivity contribution < 1.29 is 9.90 Å². The highest BCUT2D eigenvalue weighted by Gasteiger charge is 2.39. The largest absolute Gasteiger partial charge is 0.481 e. The predicted molar refractivity (Wildman–Crippen MR) is 86.7 cm³/mol.